The first kappa shape index (κ1) is 24.0. The fraction of sp³-hybridized carbons (Fsp3) is 0.333. The van der Waals surface area contributed by atoms with Gasteiger partial charge >= 0.3 is 0 Å². The van der Waals surface area contributed by atoms with Gasteiger partial charge in [0, 0.05) is 41.7 Å². The van der Waals surface area contributed by atoms with Gasteiger partial charge in [0.2, 0.25) is 11.8 Å². The molecule has 10 heteroatoms. The van der Waals surface area contributed by atoms with Gasteiger partial charge in [-0.2, -0.15) is 5.10 Å². The van der Waals surface area contributed by atoms with Crippen LogP contribution in [0, 0.1) is 5.92 Å². The number of ether oxygens (including phenoxy) is 1. The molecule has 4 rings (SSSR count). The molecule has 2 N–H and O–H groups in total. The minimum Gasteiger partial charge on any atom is -0.481 e. The molecular formula is C24H25Cl2N5O3. The molecule has 0 spiro atoms. The molecule has 1 aromatic carbocycles. The number of nitrogens with zero attached hydrogens (tertiary/aromatic N) is 3. The highest BCUT2D eigenvalue weighted by molar-refractivity contribution is 6.33. The third-order valence-corrected chi connectivity index (χ3v) is 6.53. The van der Waals surface area contributed by atoms with Gasteiger partial charge in [-0.3, -0.25) is 14.7 Å². The second kappa shape index (κ2) is 10.4. The number of H-pyrrole nitrogens is 1. The zero-order valence-corrected chi connectivity index (χ0v) is 20.4. The molecule has 2 atom stereocenters. The largest absolute Gasteiger partial charge is 0.481 e. The Morgan fingerprint density at radius 3 is 2.82 bits per heavy atom. The van der Waals surface area contributed by atoms with Crippen molar-refractivity contribution in [3.8, 4) is 17.1 Å². The molecule has 0 radical (unpaired) electrons. The van der Waals surface area contributed by atoms with E-state index in [0.717, 1.165) is 5.56 Å². The fourth-order valence-electron chi connectivity index (χ4n) is 4.15. The number of carbonyl (C=O) groups excluding carboxylic acids is 2. The Kier molecular flexibility index (Phi) is 7.38. The van der Waals surface area contributed by atoms with Gasteiger partial charge in [0.05, 0.1) is 24.0 Å². The Labute approximate surface area is 207 Å². The van der Waals surface area contributed by atoms with Gasteiger partial charge in [0.25, 0.3) is 5.91 Å². The number of rotatable bonds is 6. The van der Waals surface area contributed by atoms with Crippen molar-refractivity contribution in [2.24, 2.45) is 5.92 Å². The number of aromatic amines is 1. The smallest absolute Gasteiger partial charge is 0.274 e. The summed E-state index contributed by atoms with van der Waals surface area (Å²) >= 11 is 12.3. The monoisotopic (exact) mass is 501 g/mol. The number of benzene rings is 1. The van der Waals surface area contributed by atoms with E-state index < -0.39 is 0 Å². The van der Waals surface area contributed by atoms with E-state index in [4.69, 9.17) is 27.9 Å². The zero-order chi connectivity index (χ0) is 24.2. The average Bonchev–Trinajstić information content (AvgIpc) is 3.32. The van der Waals surface area contributed by atoms with Crippen molar-refractivity contribution in [1.82, 2.24) is 25.4 Å². The summed E-state index contributed by atoms with van der Waals surface area (Å²) < 4.78 is 5.15. The predicted molar refractivity (Wildman–Crippen MR) is 130 cm³/mol. The number of likely N-dealkylation sites (tertiary alicyclic amines) is 1. The number of aromatic nitrogens is 3. The molecule has 1 aliphatic rings. The van der Waals surface area contributed by atoms with Gasteiger partial charge < -0.3 is 15.0 Å². The lowest BCUT2D eigenvalue weighted by Crippen LogP contribution is -2.47. The number of hydrogen-bond acceptors (Lipinski definition) is 5. The van der Waals surface area contributed by atoms with Gasteiger partial charge in [-0.15, -0.1) is 0 Å². The topological polar surface area (TPSA) is 100 Å². The second-order valence-electron chi connectivity index (χ2n) is 8.29. The van der Waals surface area contributed by atoms with E-state index >= 15 is 0 Å². The summed E-state index contributed by atoms with van der Waals surface area (Å²) in [5.41, 5.74) is 2.47. The quantitative estimate of drug-likeness (QED) is 0.522. The van der Waals surface area contributed by atoms with Crippen molar-refractivity contribution >= 4 is 35.0 Å². The molecule has 8 nitrogen and oxygen atoms in total. The zero-order valence-electron chi connectivity index (χ0n) is 18.8. The summed E-state index contributed by atoms with van der Waals surface area (Å²) in [4.78, 5) is 31.7. The molecule has 0 saturated carbocycles. The van der Waals surface area contributed by atoms with Crippen LogP contribution >= 0.6 is 23.2 Å². The van der Waals surface area contributed by atoms with Crippen LogP contribution in [0.5, 0.6) is 5.88 Å². The summed E-state index contributed by atoms with van der Waals surface area (Å²) in [5.74, 6) is 0.0504. The standard InChI is InChI=1S/C24H25Cl2N5O3/c1-14-8-16(23(32)28-12-15-4-3-5-17(25)9-15)6-7-31(14)24(33)21-11-20(29-30-21)18-10-22(34-2)27-13-19(18)26/h3-5,9-11,13-14,16H,6-8,12H2,1-2H3,(H,28,32)(H,29,30)/t14-,16-/m1/s1. The highest BCUT2D eigenvalue weighted by Gasteiger charge is 2.33. The molecule has 1 fully saturated rings. The molecule has 3 aromatic rings. The summed E-state index contributed by atoms with van der Waals surface area (Å²) in [7, 11) is 1.52. The molecule has 0 unspecified atom stereocenters. The fourth-order valence-corrected chi connectivity index (χ4v) is 4.56. The predicted octanol–water partition coefficient (Wildman–Crippen LogP) is 4.34. The maximum Gasteiger partial charge on any atom is 0.274 e. The second-order valence-corrected chi connectivity index (χ2v) is 9.13. The van der Waals surface area contributed by atoms with Gasteiger partial charge in [-0.05, 0) is 43.5 Å². The van der Waals surface area contributed by atoms with E-state index in [0.29, 0.717) is 53.1 Å². The van der Waals surface area contributed by atoms with Crippen LogP contribution in [0.1, 0.15) is 35.8 Å². The number of piperidine rings is 1. The van der Waals surface area contributed by atoms with E-state index in [1.807, 2.05) is 25.1 Å². The van der Waals surface area contributed by atoms with Crippen LogP contribution in [0.2, 0.25) is 10.0 Å². The molecule has 0 bridgehead atoms. The molecule has 3 heterocycles. The van der Waals surface area contributed by atoms with E-state index in [1.165, 1.54) is 13.3 Å². The number of carbonyl (C=O) groups is 2. The van der Waals surface area contributed by atoms with Crippen LogP contribution in [0.3, 0.4) is 0 Å². The first-order valence-electron chi connectivity index (χ1n) is 10.9. The van der Waals surface area contributed by atoms with Crippen LogP contribution in [0.25, 0.3) is 11.3 Å². The van der Waals surface area contributed by atoms with Crippen molar-refractivity contribution < 1.29 is 14.3 Å². The molecule has 178 valence electrons. The van der Waals surface area contributed by atoms with E-state index in [1.54, 1.807) is 23.1 Å². The third-order valence-electron chi connectivity index (χ3n) is 5.99. The van der Waals surface area contributed by atoms with E-state index in [9.17, 15) is 9.59 Å². The SMILES string of the molecule is COc1cc(-c2cc(C(=O)N3CC[C@@H](C(=O)NCc4cccc(Cl)c4)C[C@H]3C)n[nH]2)c(Cl)cn1. The number of halogens is 2. The van der Waals surface area contributed by atoms with Crippen LogP contribution in [-0.4, -0.2) is 51.6 Å². The molecule has 0 aliphatic carbocycles. The first-order chi connectivity index (χ1) is 16.4. The van der Waals surface area contributed by atoms with Gasteiger partial charge in [0.1, 0.15) is 0 Å². The van der Waals surface area contributed by atoms with Crippen LogP contribution in [-0.2, 0) is 11.3 Å². The van der Waals surface area contributed by atoms with Crippen molar-refractivity contribution in [3.05, 3.63) is 63.9 Å². The van der Waals surface area contributed by atoms with Gasteiger partial charge in [0.15, 0.2) is 5.69 Å². The normalized spacial score (nSPS) is 17.9. The summed E-state index contributed by atoms with van der Waals surface area (Å²) in [5, 5.41) is 11.1. The molecule has 1 aliphatic heterocycles. The highest BCUT2D eigenvalue weighted by Crippen LogP contribution is 2.30. The average molecular weight is 502 g/mol. The van der Waals surface area contributed by atoms with Gasteiger partial charge in [-0.1, -0.05) is 35.3 Å². The highest BCUT2D eigenvalue weighted by atomic mass is 35.5. The summed E-state index contributed by atoms with van der Waals surface area (Å²) in [6.07, 6.45) is 2.66. The Balaban J connectivity index is 1.37. The lowest BCUT2D eigenvalue weighted by Gasteiger charge is -2.36. The van der Waals surface area contributed by atoms with E-state index in [-0.39, 0.29) is 29.5 Å². The maximum absolute atomic E-state index is 13.1. The van der Waals surface area contributed by atoms with Gasteiger partial charge in [-0.25, -0.2) is 4.98 Å². The third kappa shape index (κ3) is 5.34. The van der Waals surface area contributed by atoms with Crippen LogP contribution in [0.4, 0.5) is 0 Å². The molecule has 34 heavy (non-hydrogen) atoms. The lowest BCUT2D eigenvalue weighted by molar-refractivity contribution is -0.127. The van der Waals surface area contributed by atoms with Crippen molar-refractivity contribution in [2.75, 3.05) is 13.7 Å². The molecule has 2 amide bonds. The Morgan fingerprint density at radius 1 is 1.26 bits per heavy atom. The maximum atomic E-state index is 13.1. The lowest BCUT2D eigenvalue weighted by atomic mass is 9.90. The first-order valence-corrected chi connectivity index (χ1v) is 11.7. The minimum atomic E-state index is -0.190. The van der Waals surface area contributed by atoms with E-state index in [2.05, 4.69) is 20.5 Å². The number of hydrogen-bond donors (Lipinski definition) is 2. The summed E-state index contributed by atoms with van der Waals surface area (Å²) in [6, 6.07) is 10.7. The van der Waals surface area contributed by atoms with Crippen molar-refractivity contribution in [2.45, 2.75) is 32.4 Å². The Morgan fingerprint density at radius 2 is 2.09 bits per heavy atom. The number of nitrogens with one attached hydrogen (secondary N) is 2. The number of amides is 2. The summed E-state index contributed by atoms with van der Waals surface area (Å²) in [6.45, 7) is 2.85. The van der Waals surface area contributed by atoms with Crippen molar-refractivity contribution in [3.63, 3.8) is 0 Å². The number of pyridine rings is 1. The molecule has 2 aromatic heterocycles. The Hall–Kier alpha value is -3.10. The molecular weight excluding hydrogens is 477 g/mol. The Bertz CT molecular complexity index is 1200. The number of methoxy groups -OCH3 is 1. The van der Waals surface area contributed by atoms with Crippen LogP contribution in [0.15, 0.2) is 42.6 Å². The van der Waals surface area contributed by atoms with Crippen molar-refractivity contribution in [1.29, 1.82) is 0 Å². The minimum absolute atomic E-state index is 0.0118. The molecule has 1 saturated heterocycles. The van der Waals surface area contributed by atoms with Crippen LogP contribution < -0.4 is 10.1 Å².